The van der Waals surface area contributed by atoms with Gasteiger partial charge in [-0.15, -0.1) is 0 Å². The predicted octanol–water partition coefficient (Wildman–Crippen LogP) is 1.90. The molecule has 1 aromatic carbocycles. The molecule has 1 N–H and O–H groups in total. The molecular formula is C23H26N4O4. The van der Waals surface area contributed by atoms with Crippen LogP contribution in [0.1, 0.15) is 36.9 Å². The molecule has 0 saturated carbocycles. The summed E-state index contributed by atoms with van der Waals surface area (Å²) in [4.78, 5) is 44.6. The molecule has 1 atom stereocenters. The Morgan fingerprint density at radius 3 is 2.65 bits per heavy atom. The van der Waals surface area contributed by atoms with Crippen molar-refractivity contribution in [3.8, 4) is 0 Å². The molecule has 0 bridgehead atoms. The molecule has 1 unspecified atom stereocenters. The second-order valence-electron chi connectivity index (χ2n) is 8.36. The fourth-order valence-corrected chi connectivity index (χ4v) is 3.83. The molecule has 8 nitrogen and oxygen atoms in total. The lowest BCUT2D eigenvalue weighted by atomic mass is 10.1. The molecule has 2 aromatic rings. The smallest absolute Gasteiger partial charge is 0.325 e. The van der Waals surface area contributed by atoms with Crippen molar-refractivity contribution in [2.45, 2.75) is 31.9 Å². The number of amides is 4. The number of pyridine rings is 1. The van der Waals surface area contributed by atoms with E-state index in [1.165, 1.54) is 5.56 Å². The van der Waals surface area contributed by atoms with Crippen LogP contribution >= 0.6 is 0 Å². The zero-order chi connectivity index (χ0) is 22.0. The topological polar surface area (TPSA) is 91.8 Å². The molecule has 3 heterocycles. The fourth-order valence-electron chi connectivity index (χ4n) is 3.83. The van der Waals surface area contributed by atoms with Gasteiger partial charge in [-0.25, -0.2) is 4.79 Å². The highest BCUT2D eigenvalue weighted by molar-refractivity contribution is 6.08. The standard InChI is InChI=1S/C23H26N4O4/c1-23(2)21(29)27(22(30)25-23)15-20(28)26-11-12-31-19(14-26)18-10-6-9-17(24-18)13-16-7-4-3-5-8-16/h3-10,19H,11-15H2,1-2H3,(H,25,30). The number of hydrogen-bond acceptors (Lipinski definition) is 5. The Morgan fingerprint density at radius 2 is 1.94 bits per heavy atom. The molecule has 0 aliphatic carbocycles. The molecule has 31 heavy (non-hydrogen) atoms. The van der Waals surface area contributed by atoms with Crippen LogP contribution in [-0.2, 0) is 20.7 Å². The Kier molecular flexibility index (Phi) is 5.73. The van der Waals surface area contributed by atoms with Crippen LogP contribution in [0.4, 0.5) is 4.79 Å². The summed E-state index contributed by atoms with van der Waals surface area (Å²) in [7, 11) is 0. The van der Waals surface area contributed by atoms with E-state index in [2.05, 4.69) is 17.4 Å². The number of morpholine rings is 1. The second kappa shape index (κ2) is 8.47. The first kappa shape index (κ1) is 21.0. The quantitative estimate of drug-likeness (QED) is 0.743. The van der Waals surface area contributed by atoms with Crippen LogP contribution in [0.25, 0.3) is 0 Å². The first-order valence-electron chi connectivity index (χ1n) is 10.4. The van der Waals surface area contributed by atoms with Gasteiger partial charge in [0.25, 0.3) is 5.91 Å². The monoisotopic (exact) mass is 422 g/mol. The third-order valence-corrected chi connectivity index (χ3v) is 5.54. The van der Waals surface area contributed by atoms with Crippen LogP contribution in [0.5, 0.6) is 0 Å². The van der Waals surface area contributed by atoms with Crippen molar-refractivity contribution in [2.75, 3.05) is 26.2 Å². The summed E-state index contributed by atoms with van der Waals surface area (Å²) < 4.78 is 5.88. The average Bonchev–Trinajstić information content (AvgIpc) is 2.96. The van der Waals surface area contributed by atoms with E-state index in [1.54, 1.807) is 18.7 Å². The van der Waals surface area contributed by atoms with Crippen molar-refractivity contribution in [2.24, 2.45) is 0 Å². The zero-order valence-electron chi connectivity index (χ0n) is 17.7. The maximum atomic E-state index is 12.8. The number of rotatable bonds is 5. The van der Waals surface area contributed by atoms with Crippen LogP contribution < -0.4 is 5.32 Å². The van der Waals surface area contributed by atoms with E-state index in [-0.39, 0.29) is 18.6 Å². The van der Waals surface area contributed by atoms with Gasteiger partial charge in [-0.05, 0) is 31.5 Å². The Hall–Kier alpha value is -3.26. The number of nitrogens with one attached hydrogen (secondary N) is 1. The summed E-state index contributed by atoms with van der Waals surface area (Å²) in [6.45, 7) is 4.07. The van der Waals surface area contributed by atoms with E-state index < -0.39 is 17.5 Å². The van der Waals surface area contributed by atoms with Gasteiger partial charge in [-0.2, -0.15) is 0 Å². The van der Waals surface area contributed by atoms with Gasteiger partial charge in [0.05, 0.1) is 18.8 Å². The van der Waals surface area contributed by atoms with Gasteiger partial charge in [-0.3, -0.25) is 19.5 Å². The Labute approximate surface area is 181 Å². The Morgan fingerprint density at radius 1 is 1.16 bits per heavy atom. The van der Waals surface area contributed by atoms with E-state index in [4.69, 9.17) is 9.72 Å². The molecule has 2 aliphatic rings. The lowest BCUT2D eigenvalue weighted by Gasteiger charge is -2.33. The number of benzene rings is 1. The highest BCUT2D eigenvalue weighted by atomic mass is 16.5. The third-order valence-electron chi connectivity index (χ3n) is 5.54. The molecule has 4 amide bonds. The van der Waals surface area contributed by atoms with Crippen LogP contribution in [0.2, 0.25) is 0 Å². The number of carbonyl (C=O) groups excluding carboxylic acids is 3. The zero-order valence-corrected chi connectivity index (χ0v) is 17.7. The first-order chi connectivity index (χ1) is 14.8. The van der Waals surface area contributed by atoms with E-state index in [0.717, 1.165) is 16.3 Å². The maximum Gasteiger partial charge on any atom is 0.325 e. The molecule has 8 heteroatoms. The van der Waals surface area contributed by atoms with Crippen molar-refractivity contribution in [1.82, 2.24) is 20.1 Å². The summed E-state index contributed by atoms with van der Waals surface area (Å²) in [6, 6.07) is 15.4. The average molecular weight is 422 g/mol. The number of aromatic nitrogens is 1. The Balaban J connectivity index is 1.42. The number of hydrogen-bond donors (Lipinski definition) is 1. The number of nitrogens with zero attached hydrogens (tertiary/aromatic N) is 3. The normalized spacial score (nSPS) is 20.6. The minimum Gasteiger partial charge on any atom is -0.368 e. The molecule has 0 radical (unpaired) electrons. The summed E-state index contributed by atoms with van der Waals surface area (Å²) in [5, 5.41) is 2.59. The highest BCUT2D eigenvalue weighted by Crippen LogP contribution is 2.23. The Bertz CT molecular complexity index is 992. The number of imide groups is 1. The van der Waals surface area contributed by atoms with Crippen molar-refractivity contribution >= 4 is 17.8 Å². The van der Waals surface area contributed by atoms with Gasteiger partial charge in [-0.1, -0.05) is 36.4 Å². The summed E-state index contributed by atoms with van der Waals surface area (Å²) in [5.74, 6) is -0.680. The molecule has 2 saturated heterocycles. The third kappa shape index (κ3) is 4.59. The summed E-state index contributed by atoms with van der Waals surface area (Å²) in [5.41, 5.74) is 1.87. The number of ether oxygens (including phenoxy) is 1. The minimum absolute atomic E-state index is 0.276. The van der Waals surface area contributed by atoms with Gasteiger partial charge in [0, 0.05) is 18.7 Å². The van der Waals surface area contributed by atoms with Crippen LogP contribution in [0.3, 0.4) is 0 Å². The molecule has 4 rings (SSSR count). The number of urea groups is 1. The number of carbonyl (C=O) groups is 3. The molecule has 2 aliphatic heterocycles. The largest absolute Gasteiger partial charge is 0.368 e. The van der Waals surface area contributed by atoms with Gasteiger partial charge in [0.2, 0.25) is 5.91 Å². The van der Waals surface area contributed by atoms with E-state index in [9.17, 15) is 14.4 Å². The second-order valence-corrected chi connectivity index (χ2v) is 8.36. The molecule has 162 valence electrons. The maximum absolute atomic E-state index is 12.8. The summed E-state index contributed by atoms with van der Waals surface area (Å²) >= 11 is 0. The van der Waals surface area contributed by atoms with E-state index in [1.807, 2.05) is 36.4 Å². The molecular weight excluding hydrogens is 396 g/mol. The van der Waals surface area contributed by atoms with Crippen molar-refractivity contribution < 1.29 is 19.1 Å². The predicted molar refractivity (Wildman–Crippen MR) is 113 cm³/mol. The lowest BCUT2D eigenvalue weighted by Crippen LogP contribution is -2.48. The highest BCUT2D eigenvalue weighted by Gasteiger charge is 2.45. The van der Waals surface area contributed by atoms with Crippen LogP contribution in [-0.4, -0.2) is 64.4 Å². The molecule has 1 aromatic heterocycles. The van der Waals surface area contributed by atoms with E-state index >= 15 is 0 Å². The fraction of sp³-hybridized carbons (Fsp3) is 0.391. The van der Waals surface area contributed by atoms with Crippen molar-refractivity contribution in [3.05, 3.63) is 65.5 Å². The van der Waals surface area contributed by atoms with Crippen LogP contribution in [0, 0.1) is 0 Å². The molecule has 0 spiro atoms. The van der Waals surface area contributed by atoms with Crippen LogP contribution in [0.15, 0.2) is 48.5 Å². The lowest BCUT2D eigenvalue weighted by molar-refractivity contribution is -0.143. The van der Waals surface area contributed by atoms with Gasteiger partial charge in [0.1, 0.15) is 18.2 Å². The SMILES string of the molecule is CC1(C)NC(=O)N(CC(=O)N2CCOC(c3cccc(Cc4ccccc4)n3)C2)C1=O. The molecule has 2 fully saturated rings. The first-order valence-corrected chi connectivity index (χ1v) is 10.4. The minimum atomic E-state index is -0.992. The summed E-state index contributed by atoms with van der Waals surface area (Å²) in [6.07, 6.45) is 0.361. The van der Waals surface area contributed by atoms with Gasteiger partial charge in [0.15, 0.2) is 0 Å². The van der Waals surface area contributed by atoms with Crippen molar-refractivity contribution in [1.29, 1.82) is 0 Å². The van der Waals surface area contributed by atoms with Gasteiger partial charge >= 0.3 is 6.03 Å². The van der Waals surface area contributed by atoms with E-state index in [0.29, 0.717) is 26.1 Å². The van der Waals surface area contributed by atoms with Crippen molar-refractivity contribution in [3.63, 3.8) is 0 Å². The van der Waals surface area contributed by atoms with Gasteiger partial charge < -0.3 is 15.0 Å².